The van der Waals surface area contributed by atoms with Crippen molar-refractivity contribution in [2.24, 2.45) is 7.05 Å². The van der Waals surface area contributed by atoms with Crippen molar-refractivity contribution in [3.8, 4) is 5.82 Å². The second kappa shape index (κ2) is 6.25. The minimum absolute atomic E-state index is 0.0251. The van der Waals surface area contributed by atoms with E-state index >= 15 is 0 Å². The quantitative estimate of drug-likeness (QED) is 0.743. The normalized spacial score (nSPS) is 13.6. The first-order valence-electron chi connectivity index (χ1n) is 8.03. The summed E-state index contributed by atoms with van der Waals surface area (Å²) < 4.78 is 8.88. The van der Waals surface area contributed by atoms with E-state index in [1.165, 1.54) is 12.5 Å². The number of nitrogens with zero attached hydrogens (tertiary/aromatic N) is 3. The summed E-state index contributed by atoms with van der Waals surface area (Å²) in [5, 5.41) is 17.5. The molecule has 7 nitrogen and oxygen atoms in total. The summed E-state index contributed by atoms with van der Waals surface area (Å²) in [7, 11) is 1.80. The largest absolute Gasteiger partial charge is 0.466 e. The molecule has 0 spiro atoms. The van der Waals surface area contributed by atoms with Crippen LogP contribution in [0.15, 0.2) is 41.1 Å². The van der Waals surface area contributed by atoms with Gasteiger partial charge >= 0.3 is 0 Å². The topological polar surface area (TPSA) is 85.2 Å². The van der Waals surface area contributed by atoms with E-state index in [4.69, 9.17) is 4.42 Å². The van der Waals surface area contributed by atoms with Crippen molar-refractivity contribution in [3.63, 3.8) is 0 Å². The maximum absolute atomic E-state index is 12.7. The molecule has 3 rings (SSSR count). The summed E-state index contributed by atoms with van der Waals surface area (Å²) in [6.45, 7) is 5.57. The zero-order valence-corrected chi connectivity index (χ0v) is 14.8. The average molecular weight is 342 g/mol. The van der Waals surface area contributed by atoms with Crippen LogP contribution in [0.1, 0.15) is 34.4 Å². The molecular formula is C18H22N4O3. The number of hydrogen-bond donors (Lipinski definition) is 2. The molecule has 0 aromatic carbocycles. The Balaban J connectivity index is 1.85. The highest BCUT2D eigenvalue weighted by Gasteiger charge is 2.28. The number of aromatic nitrogens is 3. The van der Waals surface area contributed by atoms with Gasteiger partial charge in [0, 0.05) is 18.4 Å². The third kappa shape index (κ3) is 3.10. The first kappa shape index (κ1) is 17.0. The minimum Gasteiger partial charge on any atom is -0.466 e. The van der Waals surface area contributed by atoms with E-state index < -0.39 is 5.60 Å². The van der Waals surface area contributed by atoms with E-state index in [9.17, 15) is 9.90 Å². The molecule has 0 aliphatic rings. The Labute approximate surface area is 145 Å². The van der Waals surface area contributed by atoms with Crippen molar-refractivity contribution in [1.29, 1.82) is 0 Å². The van der Waals surface area contributed by atoms with Crippen LogP contribution >= 0.6 is 0 Å². The SMILES string of the molecule is Cc1ccc(C)n1-c1c(C(=O)NCC(C)(O)c2ccco2)cnn1C. The monoisotopic (exact) mass is 342 g/mol. The van der Waals surface area contributed by atoms with Crippen molar-refractivity contribution in [1.82, 2.24) is 19.7 Å². The van der Waals surface area contributed by atoms with E-state index in [0.717, 1.165) is 11.4 Å². The van der Waals surface area contributed by atoms with Gasteiger partial charge < -0.3 is 19.4 Å². The van der Waals surface area contributed by atoms with Crippen LogP contribution in [0, 0.1) is 13.8 Å². The van der Waals surface area contributed by atoms with Crippen molar-refractivity contribution < 1.29 is 14.3 Å². The van der Waals surface area contributed by atoms with Crippen molar-refractivity contribution in [2.45, 2.75) is 26.4 Å². The first-order chi connectivity index (χ1) is 11.8. The molecule has 3 heterocycles. The van der Waals surface area contributed by atoms with Crippen LogP contribution in [-0.4, -0.2) is 31.9 Å². The number of hydrogen-bond acceptors (Lipinski definition) is 4. The molecule has 3 aromatic rings. The lowest BCUT2D eigenvalue weighted by Gasteiger charge is -2.21. The summed E-state index contributed by atoms with van der Waals surface area (Å²) in [5.41, 5.74) is 1.18. The Morgan fingerprint density at radius 2 is 2.00 bits per heavy atom. The van der Waals surface area contributed by atoms with E-state index in [2.05, 4.69) is 10.4 Å². The van der Waals surface area contributed by atoms with Crippen LogP contribution in [0.4, 0.5) is 0 Å². The van der Waals surface area contributed by atoms with Gasteiger partial charge in [0.2, 0.25) is 0 Å². The number of nitrogens with one attached hydrogen (secondary N) is 1. The Hall–Kier alpha value is -2.80. The molecule has 1 unspecified atom stereocenters. The van der Waals surface area contributed by atoms with Gasteiger partial charge in [0.1, 0.15) is 22.7 Å². The van der Waals surface area contributed by atoms with Crippen LogP contribution in [0.3, 0.4) is 0 Å². The highest BCUT2D eigenvalue weighted by atomic mass is 16.4. The molecule has 0 fully saturated rings. The third-order valence-corrected chi connectivity index (χ3v) is 4.28. The summed E-state index contributed by atoms with van der Waals surface area (Å²) in [4.78, 5) is 12.7. The number of furan rings is 1. The van der Waals surface area contributed by atoms with Crippen LogP contribution in [0.25, 0.3) is 5.82 Å². The smallest absolute Gasteiger partial charge is 0.256 e. The van der Waals surface area contributed by atoms with Crippen molar-refractivity contribution in [3.05, 3.63) is 59.4 Å². The summed E-state index contributed by atoms with van der Waals surface area (Å²) in [5.74, 6) is 0.786. The summed E-state index contributed by atoms with van der Waals surface area (Å²) in [6, 6.07) is 7.36. The van der Waals surface area contributed by atoms with Gasteiger partial charge in [-0.2, -0.15) is 5.10 Å². The van der Waals surface area contributed by atoms with Crippen molar-refractivity contribution in [2.75, 3.05) is 6.54 Å². The van der Waals surface area contributed by atoms with Gasteiger partial charge in [-0.25, -0.2) is 0 Å². The minimum atomic E-state index is -1.29. The predicted octanol–water partition coefficient (Wildman–Crippen LogP) is 2.06. The third-order valence-electron chi connectivity index (χ3n) is 4.28. The van der Waals surface area contributed by atoms with Gasteiger partial charge in [0.15, 0.2) is 0 Å². The highest BCUT2D eigenvalue weighted by molar-refractivity contribution is 5.97. The van der Waals surface area contributed by atoms with Gasteiger partial charge in [-0.3, -0.25) is 9.48 Å². The molecule has 3 aromatic heterocycles. The van der Waals surface area contributed by atoms with Gasteiger partial charge in [-0.1, -0.05) is 0 Å². The van der Waals surface area contributed by atoms with Crippen molar-refractivity contribution >= 4 is 5.91 Å². The number of rotatable bonds is 5. The fraction of sp³-hybridized carbons (Fsp3) is 0.333. The summed E-state index contributed by atoms with van der Waals surface area (Å²) >= 11 is 0. The molecule has 0 radical (unpaired) electrons. The molecular weight excluding hydrogens is 320 g/mol. The second-order valence-electron chi connectivity index (χ2n) is 6.39. The molecule has 0 bridgehead atoms. The molecule has 25 heavy (non-hydrogen) atoms. The van der Waals surface area contributed by atoms with E-state index in [1.54, 1.807) is 30.8 Å². The molecule has 0 aliphatic carbocycles. The fourth-order valence-corrected chi connectivity index (χ4v) is 2.88. The highest BCUT2D eigenvalue weighted by Crippen LogP contribution is 2.22. The zero-order valence-electron chi connectivity index (χ0n) is 14.8. The standard InChI is InChI=1S/C18H22N4O3/c1-12-7-8-13(2)22(12)17-14(10-20-21(17)4)16(23)19-11-18(3,24)15-6-5-9-25-15/h5-10,24H,11H2,1-4H3,(H,19,23). The molecule has 1 atom stereocenters. The molecule has 0 saturated carbocycles. The number of aliphatic hydroxyl groups is 1. The maximum Gasteiger partial charge on any atom is 0.256 e. The van der Waals surface area contributed by atoms with Gasteiger partial charge in [-0.05, 0) is 45.0 Å². The lowest BCUT2D eigenvalue weighted by molar-refractivity contribution is 0.0330. The lowest BCUT2D eigenvalue weighted by Crippen LogP contribution is -2.38. The van der Waals surface area contributed by atoms with Crippen LogP contribution < -0.4 is 5.32 Å². The van der Waals surface area contributed by atoms with Gasteiger partial charge in [-0.15, -0.1) is 0 Å². The fourth-order valence-electron chi connectivity index (χ4n) is 2.88. The Morgan fingerprint density at radius 1 is 1.32 bits per heavy atom. The number of carbonyl (C=O) groups excluding carboxylic acids is 1. The van der Waals surface area contributed by atoms with Crippen LogP contribution in [-0.2, 0) is 12.6 Å². The molecule has 7 heteroatoms. The van der Waals surface area contributed by atoms with Gasteiger partial charge in [0.25, 0.3) is 5.91 Å². The second-order valence-corrected chi connectivity index (χ2v) is 6.39. The Bertz CT molecular complexity index is 868. The molecule has 1 amide bonds. The van der Waals surface area contributed by atoms with E-state index in [-0.39, 0.29) is 12.5 Å². The van der Waals surface area contributed by atoms with Crippen LogP contribution in [0.2, 0.25) is 0 Å². The summed E-state index contributed by atoms with van der Waals surface area (Å²) in [6.07, 6.45) is 3.02. The molecule has 0 saturated heterocycles. The molecule has 132 valence electrons. The average Bonchev–Trinajstić information content (AvgIpc) is 3.28. The maximum atomic E-state index is 12.7. The number of carbonyl (C=O) groups is 1. The predicted molar refractivity (Wildman–Crippen MR) is 92.6 cm³/mol. The zero-order chi connectivity index (χ0) is 18.2. The first-order valence-corrected chi connectivity index (χ1v) is 8.03. The number of amides is 1. The number of aryl methyl sites for hydroxylation is 3. The molecule has 0 aliphatic heterocycles. The van der Waals surface area contributed by atoms with Gasteiger partial charge in [0.05, 0.1) is 19.0 Å². The molecule has 2 N–H and O–H groups in total. The van der Waals surface area contributed by atoms with E-state index in [0.29, 0.717) is 17.1 Å². The van der Waals surface area contributed by atoms with E-state index in [1.807, 2.05) is 30.5 Å². The Kier molecular flexibility index (Phi) is 4.26. The van der Waals surface area contributed by atoms with Crippen LogP contribution in [0.5, 0.6) is 0 Å². The Morgan fingerprint density at radius 3 is 2.60 bits per heavy atom. The lowest BCUT2D eigenvalue weighted by atomic mass is 10.0.